The van der Waals surface area contributed by atoms with Crippen LogP contribution in [0.4, 0.5) is 0 Å². The number of rotatable bonds is 3. The predicted octanol–water partition coefficient (Wildman–Crippen LogP) is 2.41. The minimum Gasteiger partial charge on any atom is -0.387 e. The van der Waals surface area contributed by atoms with Gasteiger partial charge in [-0.25, -0.2) is 0 Å². The van der Waals surface area contributed by atoms with E-state index in [9.17, 15) is 4.79 Å². The summed E-state index contributed by atoms with van der Waals surface area (Å²) in [5, 5.41) is 4.14. The van der Waals surface area contributed by atoms with Crippen molar-refractivity contribution in [3.63, 3.8) is 0 Å². The lowest BCUT2D eigenvalue weighted by Gasteiger charge is -2.26. The van der Waals surface area contributed by atoms with E-state index in [4.69, 9.17) is 0 Å². The first-order chi connectivity index (χ1) is 7.24. The van der Waals surface area contributed by atoms with Crippen molar-refractivity contribution in [2.75, 3.05) is 11.9 Å². The van der Waals surface area contributed by atoms with Gasteiger partial charge in [-0.1, -0.05) is 35.0 Å². The van der Waals surface area contributed by atoms with Crippen molar-refractivity contribution < 1.29 is 4.79 Å². The smallest absolute Gasteiger partial charge is 0.143 e. The molecule has 15 heavy (non-hydrogen) atoms. The Morgan fingerprint density at radius 2 is 2.47 bits per heavy atom. The maximum absolute atomic E-state index is 12.0. The van der Waals surface area contributed by atoms with Gasteiger partial charge in [-0.3, -0.25) is 4.79 Å². The zero-order valence-corrected chi connectivity index (χ0v) is 10.5. The van der Waals surface area contributed by atoms with E-state index in [1.54, 1.807) is 0 Å². The number of ketones is 1. The van der Waals surface area contributed by atoms with Gasteiger partial charge >= 0.3 is 0 Å². The Morgan fingerprint density at radius 3 is 3.20 bits per heavy atom. The molecule has 2 unspecified atom stereocenters. The standard InChI is InChI=1S/C12H16BrNO/c1-8-2-3-9-5-7-14-12(9)11(8)10(15)4-6-13/h2-3,8,11,14H,4-7H2,1H3. The van der Waals surface area contributed by atoms with Crippen molar-refractivity contribution in [1.29, 1.82) is 0 Å². The third-order valence-electron chi connectivity index (χ3n) is 3.18. The van der Waals surface area contributed by atoms with Crippen LogP contribution < -0.4 is 5.32 Å². The largest absolute Gasteiger partial charge is 0.387 e. The number of halogens is 1. The number of alkyl halides is 1. The van der Waals surface area contributed by atoms with Crippen LogP contribution in [0, 0.1) is 11.8 Å². The van der Waals surface area contributed by atoms with E-state index < -0.39 is 0 Å². The summed E-state index contributed by atoms with van der Waals surface area (Å²) in [4.78, 5) is 12.0. The first-order valence-electron chi connectivity index (χ1n) is 5.48. The second kappa shape index (κ2) is 4.52. The Labute approximate surface area is 98.9 Å². The number of hydrogen-bond acceptors (Lipinski definition) is 2. The Hall–Kier alpha value is -0.570. The van der Waals surface area contributed by atoms with Crippen LogP contribution in [-0.2, 0) is 4.79 Å². The molecule has 3 heteroatoms. The number of hydrogen-bond donors (Lipinski definition) is 1. The van der Waals surface area contributed by atoms with Gasteiger partial charge in [0.25, 0.3) is 0 Å². The number of carbonyl (C=O) groups excluding carboxylic acids is 1. The van der Waals surface area contributed by atoms with E-state index in [0.717, 1.165) is 18.3 Å². The average molecular weight is 270 g/mol. The summed E-state index contributed by atoms with van der Waals surface area (Å²) in [6.45, 7) is 3.11. The van der Waals surface area contributed by atoms with Gasteiger partial charge in [0.15, 0.2) is 0 Å². The molecule has 0 amide bonds. The van der Waals surface area contributed by atoms with Gasteiger partial charge in [0.2, 0.25) is 0 Å². The molecule has 1 aliphatic carbocycles. The first kappa shape index (κ1) is 10.9. The molecule has 1 heterocycles. The Kier molecular flexibility index (Phi) is 3.29. The highest BCUT2D eigenvalue weighted by Crippen LogP contribution is 2.33. The van der Waals surface area contributed by atoms with Crippen LogP contribution in [0.5, 0.6) is 0 Å². The van der Waals surface area contributed by atoms with Crippen LogP contribution in [0.3, 0.4) is 0 Å². The van der Waals surface area contributed by atoms with Crippen LogP contribution >= 0.6 is 15.9 Å². The lowest BCUT2D eigenvalue weighted by molar-refractivity contribution is -0.122. The molecule has 1 aliphatic heterocycles. The third-order valence-corrected chi connectivity index (χ3v) is 3.58. The highest BCUT2D eigenvalue weighted by molar-refractivity contribution is 9.09. The summed E-state index contributed by atoms with van der Waals surface area (Å²) < 4.78 is 0. The predicted molar refractivity (Wildman–Crippen MR) is 64.9 cm³/mol. The van der Waals surface area contributed by atoms with Gasteiger partial charge in [0.05, 0.1) is 5.92 Å². The van der Waals surface area contributed by atoms with Gasteiger partial charge in [0.1, 0.15) is 5.78 Å². The maximum atomic E-state index is 12.0. The molecule has 0 aromatic rings. The Morgan fingerprint density at radius 1 is 1.67 bits per heavy atom. The molecule has 0 saturated heterocycles. The molecule has 1 N–H and O–H groups in total. The number of Topliss-reactive ketones (excluding diaryl/α,β-unsaturated/α-hetero) is 1. The summed E-state index contributed by atoms with van der Waals surface area (Å²) in [5.41, 5.74) is 2.52. The molecular formula is C12H16BrNO. The highest BCUT2D eigenvalue weighted by Gasteiger charge is 2.32. The summed E-state index contributed by atoms with van der Waals surface area (Å²) in [6, 6.07) is 0. The highest BCUT2D eigenvalue weighted by atomic mass is 79.9. The molecule has 0 aromatic carbocycles. The summed E-state index contributed by atoms with van der Waals surface area (Å²) >= 11 is 3.33. The third kappa shape index (κ3) is 2.03. The Bertz CT molecular complexity index is 333. The fourth-order valence-corrected chi connectivity index (χ4v) is 2.80. The lowest BCUT2D eigenvalue weighted by Crippen LogP contribution is -2.30. The van der Waals surface area contributed by atoms with Gasteiger partial charge in [-0.05, 0) is 17.9 Å². The van der Waals surface area contributed by atoms with E-state index in [0.29, 0.717) is 18.1 Å². The molecule has 0 radical (unpaired) electrons. The van der Waals surface area contributed by atoms with Crippen LogP contribution in [0.25, 0.3) is 0 Å². The molecule has 0 fully saturated rings. The van der Waals surface area contributed by atoms with Crippen LogP contribution in [0.15, 0.2) is 23.4 Å². The summed E-state index contributed by atoms with van der Waals surface area (Å²) in [7, 11) is 0. The van der Waals surface area contributed by atoms with Crippen molar-refractivity contribution in [3.8, 4) is 0 Å². The SMILES string of the molecule is CC1C=CC2=C(NCC2)C1C(=O)CCBr. The van der Waals surface area contributed by atoms with Crippen molar-refractivity contribution in [3.05, 3.63) is 23.4 Å². The Balaban J connectivity index is 2.22. The quantitative estimate of drug-likeness (QED) is 0.798. The molecule has 2 aliphatic rings. The van der Waals surface area contributed by atoms with Crippen LogP contribution in [0.2, 0.25) is 0 Å². The van der Waals surface area contributed by atoms with Crippen molar-refractivity contribution >= 4 is 21.7 Å². The molecule has 2 atom stereocenters. The summed E-state index contributed by atoms with van der Waals surface area (Å²) in [6.07, 6.45) is 6.04. The molecule has 82 valence electrons. The van der Waals surface area contributed by atoms with Gasteiger partial charge in [0, 0.05) is 24.0 Å². The number of allylic oxidation sites excluding steroid dienone is 3. The van der Waals surface area contributed by atoms with Crippen LogP contribution in [-0.4, -0.2) is 17.7 Å². The van der Waals surface area contributed by atoms with E-state index in [2.05, 4.69) is 40.3 Å². The minimum absolute atomic E-state index is 0.0741. The van der Waals surface area contributed by atoms with Crippen LogP contribution in [0.1, 0.15) is 19.8 Å². The van der Waals surface area contributed by atoms with E-state index in [1.165, 1.54) is 11.3 Å². The molecule has 0 spiro atoms. The van der Waals surface area contributed by atoms with Gasteiger partial charge in [-0.15, -0.1) is 0 Å². The van der Waals surface area contributed by atoms with E-state index in [1.807, 2.05) is 0 Å². The van der Waals surface area contributed by atoms with E-state index in [-0.39, 0.29) is 5.92 Å². The zero-order chi connectivity index (χ0) is 10.8. The van der Waals surface area contributed by atoms with Gasteiger partial charge < -0.3 is 5.32 Å². The fourth-order valence-electron chi connectivity index (χ4n) is 2.41. The molecule has 0 saturated carbocycles. The second-order valence-corrected chi connectivity index (χ2v) is 5.01. The van der Waals surface area contributed by atoms with Crippen molar-refractivity contribution in [2.45, 2.75) is 19.8 Å². The average Bonchev–Trinajstić information content (AvgIpc) is 2.65. The van der Waals surface area contributed by atoms with E-state index >= 15 is 0 Å². The molecular weight excluding hydrogens is 254 g/mol. The summed E-state index contributed by atoms with van der Waals surface area (Å²) in [5.74, 6) is 0.761. The molecule has 2 nitrogen and oxygen atoms in total. The van der Waals surface area contributed by atoms with Crippen molar-refractivity contribution in [1.82, 2.24) is 5.32 Å². The molecule has 0 aromatic heterocycles. The molecule has 0 bridgehead atoms. The first-order valence-corrected chi connectivity index (χ1v) is 6.60. The molecule has 2 rings (SSSR count). The fraction of sp³-hybridized carbons (Fsp3) is 0.583. The topological polar surface area (TPSA) is 29.1 Å². The van der Waals surface area contributed by atoms with Crippen molar-refractivity contribution in [2.24, 2.45) is 11.8 Å². The zero-order valence-electron chi connectivity index (χ0n) is 8.92. The monoisotopic (exact) mass is 269 g/mol. The lowest BCUT2D eigenvalue weighted by atomic mass is 9.81. The second-order valence-electron chi connectivity index (χ2n) is 4.22. The number of carbonyl (C=O) groups is 1. The number of nitrogens with one attached hydrogen (secondary N) is 1. The van der Waals surface area contributed by atoms with Gasteiger partial charge in [-0.2, -0.15) is 0 Å². The normalized spacial score (nSPS) is 28.9. The maximum Gasteiger partial charge on any atom is 0.143 e. The minimum atomic E-state index is 0.0741.